The van der Waals surface area contributed by atoms with E-state index in [1.165, 1.54) is 11.8 Å². The molecule has 1 unspecified atom stereocenters. The number of amides is 4. The number of anilines is 1. The van der Waals surface area contributed by atoms with Crippen molar-refractivity contribution in [2.24, 2.45) is 11.3 Å². The molecule has 10 nitrogen and oxygen atoms in total. The van der Waals surface area contributed by atoms with Crippen molar-refractivity contribution in [3.63, 3.8) is 0 Å². The van der Waals surface area contributed by atoms with Crippen LogP contribution in [0.15, 0.2) is 60.2 Å². The summed E-state index contributed by atoms with van der Waals surface area (Å²) in [6, 6.07) is 13.4. The summed E-state index contributed by atoms with van der Waals surface area (Å²) in [6.45, 7) is 10.2. The van der Waals surface area contributed by atoms with Crippen LogP contribution >= 0.6 is 11.6 Å². The van der Waals surface area contributed by atoms with Gasteiger partial charge in [0.25, 0.3) is 5.91 Å². The van der Waals surface area contributed by atoms with E-state index >= 15 is 0 Å². The summed E-state index contributed by atoms with van der Waals surface area (Å²) in [4.78, 5) is 53.8. The molecule has 0 aliphatic carbocycles. The highest BCUT2D eigenvalue weighted by Crippen LogP contribution is 2.20. The summed E-state index contributed by atoms with van der Waals surface area (Å²) in [5, 5.41) is 28.3. The highest BCUT2D eigenvalue weighted by molar-refractivity contribution is 6.31. The van der Waals surface area contributed by atoms with Crippen molar-refractivity contribution < 1.29 is 24.3 Å². The average molecular weight is 624 g/mol. The molecule has 0 saturated heterocycles. The summed E-state index contributed by atoms with van der Waals surface area (Å²) >= 11 is 6.25. The number of benzene rings is 2. The third-order valence-corrected chi connectivity index (χ3v) is 7.04. The van der Waals surface area contributed by atoms with Crippen LogP contribution in [0.2, 0.25) is 5.02 Å². The maximum atomic E-state index is 13.5. The number of aliphatic hydroxyl groups excluding tert-OH is 1. The van der Waals surface area contributed by atoms with Gasteiger partial charge in [0, 0.05) is 36.1 Å². The van der Waals surface area contributed by atoms with E-state index in [1.807, 2.05) is 19.9 Å². The molecule has 0 saturated carbocycles. The van der Waals surface area contributed by atoms with Gasteiger partial charge >= 0.3 is 0 Å². The van der Waals surface area contributed by atoms with Gasteiger partial charge in [-0.15, -0.1) is 0 Å². The Labute approximate surface area is 264 Å². The minimum atomic E-state index is -1.31. The van der Waals surface area contributed by atoms with E-state index in [4.69, 9.17) is 11.6 Å². The second-order valence-electron chi connectivity index (χ2n) is 12.0. The normalized spacial score (nSPS) is 13.7. The first-order chi connectivity index (χ1) is 20.5. The van der Waals surface area contributed by atoms with Gasteiger partial charge in [-0.2, -0.15) is 5.26 Å². The van der Waals surface area contributed by atoms with Crippen LogP contribution in [0, 0.1) is 22.7 Å². The minimum Gasteiger partial charge on any atom is -0.391 e. The Morgan fingerprint density at radius 2 is 1.68 bits per heavy atom. The van der Waals surface area contributed by atoms with Crippen LogP contribution < -0.4 is 20.9 Å². The first kappa shape index (κ1) is 36.0. The molecular weight excluding hydrogens is 582 g/mol. The number of allylic oxidation sites excluding steroid dienone is 1. The number of nitriles is 1. The van der Waals surface area contributed by atoms with E-state index in [9.17, 15) is 29.5 Å². The highest BCUT2D eigenvalue weighted by atomic mass is 35.5. The fourth-order valence-electron chi connectivity index (χ4n) is 4.10. The number of hydrogen-bond acceptors (Lipinski definition) is 6. The second-order valence-corrected chi connectivity index (χ2v) is 12.4. The van der Waals surface area contributed by atoms with Gasteiger partial charge in [-0.3, -0.25) is 19.2 Å². The van der Waals surface area contributed by atoms with Gasteiger partial charge in [-0.05, 0) is 42.2 Å². The minimum absolute atomic E-state index is 0.000584. The summed E-state index contributed by atoms with van der Waals surface area (Å²) < 4.78 is 0. The monoisotopic (exact) mass is 623 g/mol. The van der Waals surface area contributed by atoms with E-state index < -0.39 is 47.2 Å². The first-order valence-electron chi connectivity index (χ1n) is 14.3. The predicted molar refractivity (Wildman–Crippen MR) is 170 cm³/mol. The lowest BCUT2D eigenvalue weighted by atomic mass is 9.94. The van der Waals surface area contributed by atoms with Gasteiger partial charge in [0.05, 0.1) is 6.10 Å². The molecule has 0 heterocycles. The Kier molecular flexibility index (Phi) is 13.1. The lowest BCUT2D eigenvalue weighted by molar-refractivity contribution is -0.137. The van der Waals surface area contributed by atoms with Crippen LogP contribution in [0.1, 0.15) is 52.7 Å². The van der Waals surface area contributed by atoms with Crippen molar-refractivity contribution >= 4 is 40.9 Å². The van der Waals surface area contributed by atoms with Crippen LogP contribution in [-0.2, 0) is 32.1 Å². The summed E-state index contributed by atoms with van der Waals surface area (Å²) in [7, 11) is 1.55. The number of halogens is 1. The van der Waals surface area contributed by atoms with Crippen molar-refractivity contribution in [3.8, 4) is 6.07 Å². The standard InChI is InChI=1S/C33H42ClN5O5/c1-20(2)15-24(18-35)31(43)39(7)25-13-10-11-22(16-25)17-27(29(41)36-19-23-12-8-9-14-26(23)34)37-30(42)28(21(3)40)38-32(44)33(4,5)6/h8-16,20-21,27-28,40H,17,19H2,1-7H3,(H,36,41)(H,37,42)(H,38,44)/t21-,27?,28+/m1/s1. The van der Waals surface area contributed by atoms with Gasteiger partial charge in [0.15, 0.2) is 0 Å². The Hall–Kier alpha value is -4.20. The lowest BCUT2D eigenvalue weighted by Crippen LogP contribution is -2.58. The molecule has 0 bridgehead atoms. The third-order valence-electron chi connectivity index (χ3n) is 6.67. The average Bonchev–Trinajstić information content (AvgIpc) is 2.96. The molecule has 11 heteroatoms. The van der Waals surface area contributed by atoms with Crippen LogP contribution in [0.25, 0.3) is 0 Å². The number of carbonyl (C=O) groups excluding carboxylic acids is 4. The van der Waals surface area contributed by atoms with Crippen LogP contribution in [0.5, 0.6) is 0 Å². The fraction of sp³-hybridized carbons (Fsp3) is 0.424. The predicted octanol–water partition coefficient (Wildman–Crippen LogP) is 3.66. The van der Waals surface area contributed by atoms with E-state index in [0.717, 1.165) is 0 Å². The molecule has 236 valence electrons. The Morgan fingerprint density at radius 3 is 2.25 bits per heavy atom. The maximum absolute atomic E-state index is 13.5. The van der Waals surface area contributed by atoms with E-state index in [2.05, 4.69) is 16.0 Å². The molecule has 4 N–H and O–H groups in total. The van der Waals surface area contributed by atoms with Crippen molar-refractivity contribution in [2.45, 2.75) is 72.7 Å². The van der Waals surface area contributed by atoms with Crippen molar-refractivity contribution in [1.82, 2.24) is 16.0 Å². The molecule has 4 amide bonds. The summed E-state index contributed by atoms with van der Waals surface area (Å²) in [5.41, 5.74) is 0.964. The van der Waals surface area contributed by atoms with E-state index in [1.54, 1.807) is 82.4 Å². The number of rotatable bonds is 12. The highest BCUT2D eigenvalue weighted by Gasteiger charge is 2.33. The molecule has 3 atom stereocenters. The van der Waals surface area contributed by atoms with Gasteiger partial charge in [0.1, 0.15) is 23.7 Å². The van der Waals surface area contributed by atoms with Crippen LogP contribution in [-0.4, -0.2) is 54.0 Å². The van der Waals surface area contributed by atoms with E-state index in [0.29, 0.717) is 21.8 Å². The van der Waals surface area contributed by atoms with Crippen LogP contribution in [0.3, 0.4) is 0 Å². The topological polar surface area (TPSA) is 152 Å². The first-order valence-corrected chi connectivity index (χ1v) is 14.7. The van der Waals surface area contributed by atoms with Gasteiger partial charge in [0.2, 0.25) is 17.7 Å². The van der Waals surface area contributed by atoms with Gasteiger partial charge < -0.3 is 26.0 Å². The molecule has 2 aromatic carbocycles. The van der Waals surface area contributed by atoms with Gasteiger partial charge in [-0.25, -0.2) is 0 Å². The number of hydrogen-bond donors (Lipinski definition) is 4. The SMILES string of the molecule is CC(C)C=C(C#N)C(=O)N(C)c1cccc(CC(NC(=O)[C@@H](NC(=O)C(C)(C)C)[C@@H](C)O)C(=O)NCc2ccccc2Cl)c1. The number of carbonyl (C=O) groups is 4. The van der Waals surface area contributed by atoms with Crippen molar-refractivity contribution in [3.05, 3.63) is 76.3 Å². The second kappa shape index (κ2) is 16.0. The zero-order valence-electron chi connectivity index (χ0n) is 26.3. The van der Waals surface area contributed by atoms with Gasteiger partial charge in [-0.1, -0.05) is 82.6 Å². The molecule has 0 aliphatic rings. The Bertz CT molecular complexity index is 1420. The number of nitrogens with one attached hydrogen (secondary N) is 3. The third kappa shape index (κ3) is 10.5. The Balaban J connectivity index is 2.37. The number of aliphatic hydroxyl groups is 1. The zero-order valence-corrected chi connectivity index (χ0v) is 27.0. The summed E-state index contributed by atoms with van der Waals surface area (Å²) in [6.07, 6.45) is 0.362. The molecule has 0 fully saturated rings. The fourth-order valence-corrected chi connectivity index (χ4v) is 4.30. The molecular formula is C33H42ClN5O5. The number of nitrogens with zero attached hydrogens (tertiary/aromatic N) is 2. The number of likely N-dealkylation sites (N-methyl/N-ethyl adjacent to an activating group) is 1. The maximum Gasteiger partial charge on any atom is 0.268 e. The Morgan fingerprint density at radius 1 is 1.02 bits per heavy atom. The molecule has 0 aromatic heterocycles. The van der Waals surface area contributed by atoms with Crippen LogP contribution in [0.4, 0.5) is 5.69 Å². The summed E-state index contributed by atoms with van der Waals surface area (Å²) in [5.74, 6) is -2.18. The molecule has 0 aliphatic heterocycles. The molecule has 0 radical (unpaired) electrons. The largest absolute Gasteiger partial charge is 0.391 e. The molecule has 2 aromatic rings. The van der Waals surface area contributed by atoms with Crippen molar-refractivity contribution in [1.29, 1.82) is 5.26 Å². The zero-order chi connectivity index (χ0) is 33.2. The smallest absolute Gasteiger partial charge is 0.268 e. The quantitative estimate of drug-likeness (QED) is 0.209. The molecule has 2 rings (SSSR count). The lowest BCUT2D eigenvalue weighted by Gasteiger charge is -2.27. The van der Waals surface area contributed by atoms with Crippen molar-refractivity contribution in [2.75, 3.05) is 11.9 Å². The van der Waals surface area contributed by atoms with E-state index in [-0.39, 0.29) is 24.5 Å². The molecule has 0 spiro atoms. The molecule has 44 heavy (non-hydrogen) atoms.